The van der Waals surface area contributed by atoms with Gasteiger partial charge in [-0.1, -0.05) is 24.3 Å². The second-order valence-electron chi connectivity index (χ2n) is 5.89. The Balaban J connectivity index is 1.71. The van der Waals surface area contributed by atoms with Gasteiger partial charge in [0.2, 0.25) is 0 Å². The van der Waals surface area contributed by atoms with E-state index in [2.05, 4.69) is 4.90 Å². The normalized spacial score (nSPS) is 15.2. The first-order valence-corrected chi connectivity index (χ1v) is 8.03. The van der Waals surface area contributed by atoms with Crippen molar-refractivity contribution in [3.05, 3.63) is 59.2 Å². The molecule has 0 unspecified atom stereocenters. The van der Waals surface area contributed by atoms with Crippen molar-refractivity contribution in [1.82, 2.24) is 4.90 Å². The van der Waals surface area contributed by atoms with E-state index in [-0.39, 0.29) is 5.56 Å². The number of ether oxygens (including phenoxy) is 2. The third-order valence-corrected chi connectivity index (χ3v) is 4.10. The van der Waals surface area contributed by atoms with Gasteiger partial charge in [0.25, 0.3) is 0 Å². The summed E-state index contributed by atoms with van der Waals surface area (Å²) in [5.41, 5.74) is 2.17. The molecular weight excluding hydrogens is 306 g/mol. The van der Waals surface area contributed by atoms with E-state index >= 15 is 0 Å². The molecule has 0 atom stereocenters. The van der Waals surface area contributed by atoms with Crippen molar-refractivity contribution in [2.24, 2.45) is 0 Å². The number of rotatable bonds is 5. The average molecular weight is 327 g/mol. The lowest BCUT2D eigenvalue weighted by molar-refractivity contribution is 0.0342. The van der Waals surface area contributed by atoms with Crippen LogP contribution in [0.4, 0.5) is 0 Å². The quantitative estimate of drug-likeness (QED) is 0.913. The Morgan fingerprint density at radius 3 is 2.54 bits per heavy atom. The molecular formula is C19H21NO4. The monoisotopic (exact) mass is 327 g/mol. The molecule has 24 heavy (non-hydrogen) atoms. The van der Waals surface area contributed by atoms with E-state index in [1.807, 2.05) is 37.3 Å². The summed E-state index contributed by atoms with van der Waals surface area (Å²) in [5, 5.41) is 9.30. The van der Waals surface area contributed by atoms with Gasteiger partial charge in [0.15, 0.2) is 0 Å². The topological polar surface area (TPSA) is 59.0 Å². The summed E-state index contributed by atoms with van der Waals surface area (Å²) in [5.74, 6) is 0.0427. The highest BCUT2D eigenvalue weighted by Gasteiger charge is 2.14. The Kier molecular flexibility index (Phi) is 5.13. The highest BCUT2D eigenvalue weighted by Crippen LogP contribution is 2.29. The molecule has 2 aromatic rings. The van der Waals surface area contributed by atoms with Crippen LogP contribution in [0.3, 0.4) is 0 Å². The summed E-state index contributed by atoms with van der Waals surface area (Å²) < 4.78 is 11.2. The largest absolute Gasteiger partial charge is 0.478 e. The molecule has 0 aromatic heterocycles. The maximum atomic E-state index is 11.3. The fraction of sp³-hybridized carbons (Fsp3) is 0.316. The van der Waals surface area contributed by atoms with E-state index in [0.29, 0.717) is 11.5 Å². The van der Waals surface area contributed by atoms with Gasteiger partial charge in [-0.25, -0.2) is 4.79 Å². The summed E-state index contributed by atoms with van der Waals surface area (Å²) in [4.78, 5) is 13.7. The summed E-state index contributed by atoms with van der Waals surface area (Å²) >= 11 is 0. The minimum absolute atomic E-state index is 0.174. The van der Waals surface area contributed by atoms with Crippen molar-refractivity contribution < 1.29 is 19.4 Å². The van der Waals surface area contributed by atoms with E-state index in [1.54, 1.807) is 12.1 Å². The number of hydrogen-bond donors (Lipinski definition) is 1. The van der Waals surface area contributed by atoms with Gasteiger partial charge in [-0.2, -0.15) is 0 Å². The molecule has 0 bridgehead atoms. The molecule has 0 radical (unpaired) electrons. The Hall–Kier alpha value is -2.37. The predicted octanol–water partition coefficient (Wildman–Crippen LogP) is 3.32. The van der Waals surface area contributed by atoms with Crippen molar-refractivity contribution in [2.45, 2.75) is 13.5 Å². The highest BCUT2D eigenvalue weighted by molar-refractivity contribution is 5.91. The van der Waals surface area contributed by atoms with Gasteiger partial charge < -0.3 is 14.6 Å². The molecule has 0 aliphatic carbocycles. The molecule has 126 valence electrons. The maximum absolute atomic E-state index is 11.3. The molecule has 1 aliphatic heterocycles. The number of carboxylic acid groups (broad SMARTS) is 1. The van der Waals surface area contributed by atoms with E-state index in [4.69, 9.17) is 9.47 Å². The van der Waals surface area contributed by atoms with Gasteiger partial charge >= 0.3 is 5.97 Å². The highest BCUT2D eigenvalue weighted by atomic mass is 16.5. The molecule has 5 heteroatoms. The molecule has 1 N–H and O–H groups in total. The third-order valence-electron chi connectivity index (χ3n) is 4.10. The summed E-state index contributed by atoms with van der Waals surface area (Å²) in [7, 11) is 0. The van der Waals surface area contributed by atoms with E-state index in [1.165, 1.54) is 5.56 Å². The zero-order valence-corrected chi connectivity index (χ0v) is 13.7. The molecule has 1 saturated heterocycles. The van der Waals surface area contributed by atoms with E-state index < -0.39 is 5.97 Å². The predicted molar refractivity (Wildman–Crippen MR) is 90.8 cm³/mol. The zero-order chi connectivity index (χ0) is 16.9. The second kappa shape index (κ2) is 7.47. The van der Waals surface area contributed by atoms with Crippen LogP contribution in [0.1, 0.15) is 21.5 Å². The maximum Gasteiger partial charge on any atom is 0.339 e. The summed E-state index contributed by atoms with van der Waals surface area (Å²) in [6, 6.07) is 12.9. The molecule has 0 spiro atoms. The third kappa shape index (κ3) is 3.93. The first-order chi connectivity index (χ1) is 11.6. The molecule has 3 rings (SSSR count). The minimum atomic E-state index is -0.988. The van der Waals surface area contributed by atoms with Crippen LogP contribution in [0, 0.1) is 6.92 Å². The molecule has 1 fully saturated rings. The van der Waals surface area contributed by atoms with Crippen LogP contribution in [0.2, 0.25) is 0 Å². The number of hydrogen-bond acceptors (Lipinski definition) is 4. The van der Waals surface area contributed by atoms with Gasteiger partial charge in [-0.05, 0) is 36.2 Å². The fourth-order valence-corrected chi connectivity index (χ4v) is 2.75. The summed E-state index contributed by atoms with van der Waals surface area (Å²) in [6.45, 7) is 6.19. The molecule has 0 saturated carbocycles. The van der Waals surface area contributed by atoms with Gasteiger partial charge in [0.1, 0.15) is 17.1 Å². The lowest BCUT2D eigenvalue weighted by atomic mass is 10.1. The molecule has 1 heterocycles. The number of benzene rings is 2. The minimum Gasteiger partial charge on any atom is -0.478 e. The Morgan fingerprint density at radius 1 is 1.17 bits per heavy atom. The van der Waals surface area contributed by atoms with Crippen LogP contribution < -0.4 is 4.74 Å². The van der Waals surface area contributed by atoms with Crippen LogP contribution in [0.5, 0.6) is 11.5 Å². The van der Waals surface area contributed by atoms with E-state index in [0.717, 1.165) is 38.4 Å². The number of aryl methyl sites for hydroxylation is 1. The SMILES string of the molecule is Cc1cccc(C(=O)O)c1Oc1ccc(CN2CCOCC2)cc1. The number of carboxylic acids is 1. The zero-order valence-electron chi connectivity index (χ0n) is 13.7. The van der Waals surface area contributed by atoms with Crippen molar-refractivity contribution >= 4 is 5.97 Å². The number of carbonyl (C=O) groups is 1. The number of para-hydroxylation sites is 1. The van der Waals surface area contributed by atoms with Gasteiger partial charge in [0, 0.05) is 19.6 Å². The standard InChI is InChI=1S/C19H21NO4/c1-14-3-2-4-17(19(21)22)18(14)24-16-7-5-15(6-8-16)13-20-9-11-23-12-10-20/h2-8H,9-13H2,1H3,(H,21,22). The Labute approximate surface area is 141 Å². The van der Waals surface area contributed by atoms with Crippen LogP contribution in [0.25, 0.3) is 0 Å². The van der Waals surface area contributed by atoms with Crippen LogP contribution in [-0.2, 0) is 11.3 Å². The summed E-state index contributed by atoms with van der Waals surface area (Å²) in [6.07, 6.45) is 0. The molecule has 5 nitrogen and oxygen atoms in total. The van der Waals surface area contributed by atoms with Crippen molar-refractivity contribution in [3.63, 3.8) is 0 Å². The average Bonchev–Trinajstić information content (AvgIpc) is 2.59. The smallest absolute Gasteiger partial charge is 0.339 e. The van der Waals surface area contributed by atoms with Gasteiger partial charge in [-0.15, -0.1) is 0 Å². The van der Waals surface area contributed by atoms with Crippen molar-refractivity contribution in [3.8, 4) is 11.5 Å². The number of aromatic carboxylic acids is 1. The Bertz CT molecular complexity index is 706. The Morgan fingerprint density at radius 2 is 1.88 bits per heavy atom. The first kappa shape index (κ1) is 16.5. The molecule has 2 aromatic carbocycles. The van der Waals surface area contributed by atoms with Crippen LogP contribution in [0.15, 0.2) is 42.5 Å². The number of morpholine rings is 1. The molecule has 1 aliphatic rings. The van der Waals surface area contributed by atoms with Crippen molar-refractivity contribution in [2.75, 3.05) is 26.3 Å². The van der Waals surface area contributed by atoms with Crippen molar-refractivity contribution in [1.29, 1.82) is 0 Å². The van der Waals surface area contributed by atoms with Crippen LogP contribution >= 0.6 is 0 Å². The second-order valence-corrected chi connectivity index (χ2v) is 5.89. The lowest BCUT2D eigenvalue weighted by Crippen LogP contribution is -2.35. The van der Waals surface area contributed by atoms with Gasteiger partial charge in [0.05, 0.1) is 13.2 Å². The van der Waals surface area contributed by atoms with E-state index in [9.17, 15) is 9.90 Å². The first-order valence-electron chi connectivity index (χ1n) is 8.03. The fourth-order valence-electron chi connectivity index (χ4n) is 2.75. The lowest BCUT2D eigenvalue weighted by Gasteiger charge is -2.26. The van der Waals surface area contributed by atoms with Crippen LogP contribution in [-0.4, -0.2) is 42.3 Å². The number of nitrogens with zero attached hydrogens (tertiary/aromatic N) is 1. The molecule has 0 amide bonds. The van der Waals surface area contributed by atoms with Gasteiger partial charge in [-0.3, -0.25) is 4.90 Å².